The Labute approximate surface area is 187 Å². The van der Waals surface area contributed by atoms with Gasteiger partial charge in [-0.2, -0.15) is 0 Å². The van der Waals surface area contributed by atoms with E-state index in [9.17, 15) is 9.18 Å². The minimum Gasteiger partial charge on any atom is -0.356 e. The smallest absolute Gasteiger partial charge is 0.223 e. The van der Waals surface area contributed by atoms with Crippen LogP contribution in [0.1, 0.15) is 28.8 Å². The first-order chi connectivity index (χ1) is 15.7. The summed E-state index contributed by atoms with van der Waals surface area (Å²) in [5.41, 5.74) is 5.90. The number of rotatable bonds is 6. The Morgan fingerprint density at radius 3 is 2.59 bits per heavy atom. The lowest BCUT2D eigenvalue weighted by atomic mass is 9.85. The molecule has 0 spiro atoms. The largest absolute Gasteiger partial charge is 0.356 e. The topological polar surface area (TPSA) is 34.0 Å². The predicted molar refractivity (Wildman–Crippen MR) is 126 cm³/mol. The molecule has 32 heavy (non-hydrogen) atoms. The van der Waals surface area contributed by atoms with Gasteiger partial charge in [0.2, 0.25) is 5.91 Å². The van der Waals surface area contributed by atoms with Crippen molar-refractivity contribution in [3.63, 3.8) is 0 Å². The van der Waals surface area contributed by atoms with E-state index < -0.39 is 0 Å². The number of aromatic nitrogens is 1. The van der Waals surface area contributed by atoms with Crippen molar-refractivity contribution >= 4 is 16.8 Å². The molecule has 1 aromatic heterocycles. The van der Waals surface area contributed by atoms with Gasteiger partial charge in [-0.1, -0.05) is 60.7 Å². The molecule has 3 aromatic carbocycles. The number of fused-ring (bicyclic) bond motifs is 3. The maximum absolute atomic E-state index is 13.7. The molecule has 1 unspecified atom stereocenters. The van der Waals surface area contributed by atoms with Gasteiger partial charge in [0.05, 0.1) is 0 Å². The van der Waals surface area contributed by atoms with Gasteiger partial charge in [-0.25, -0.2) is 4.39 Å². The zero-order chi connectivity index (χ0) is 21.9. The van der Waals surface area contributed by atoms with Gasteiger partial charge in [0.15, 0.2) is 0 Å². The third kappa shape index (κ3) is 4.18. The second kappa shape index (κ2) is 8.99. The van der Waals surface area contributed by atoms with E-state index in [-0.39, 0.29) is 17.6 Å². The van der Waals surface area contributed by atoms with Gasteiger partial charge in [-0.05, 0) is 60.6 Å². The van der Waals surface area contributed by atoms with E-state index in [4.69, 9.17) is 0 Å². The summed E-state index contributed by atoms with van der Waals surface area (Å²) in [6.45, 7) is 1.30. The number of carbonyl (C=O) groups excluding carboxylic acids is 1. The number of hydrogen-bond donors (Lipinski definition) is 1. The number of benzene rings is 3. The first-order valence-electron chi connectivity index (χ1n) is 11.3. The first kappa shape index (κ1) is 20.5. The number of hydrogen-bond acceptors (Lipinski definition) is 1. The fourth-order valence-electron chi connectivity index (χ4n) is 4.94. The van der Waals surface area contributed by atoms with E-state index in [2.05, 4.69) is 40.2 Å². The zero-order valence-electron chi connectivity index (χ0n) is 18.1. The monoisotopic (exact) mass is 426 g/mol. The Kier molecular flexibility index (Phi) is 5.76. The lowest BCUT2D eigenvalue weighted by Crippen LogP contribution is -2.35. The van der Waals surface area contributed by atoms with E-state index in [1.54, 1.807) is 12.1 Å². The Bertz CT molecular complexity index is 1250. The van der Waals surface area contributed by atoms with Gasteiger partial charge in [0, 0.05) is 35.6 Å². The third-order valence-electron chi connectivity index (χ3n) is 6.53. The molecule has 0 fully saturated rings. The fraction of sp³-hybridized carbons (Fsp3) is 0.250. The van der Waals surface area contributed by atoms with Crippen molar-refractivity contribution in [3.05, 3.63) is 107 Å². The van der Waals surface area contributed by atoms with E-state index in [0.717, 1.165) is 36.8 Å². The van der Waals surface area contributed by atoms with Crippen molar-refractivity contribution in [2.24, 2.45) is 5.92 Å². The molecule has 0 radical (unpaired) electrons. The summed E-state index contributed by atoms with van der Waals surface area (Å²) < 4.78 is 16.1. The van der Waals surface area contributed by atoms with Crippen molar-refractivity contribution in [2.75, 3.05) is 6.54 Å². The average Bonchev–Trinajstić information content (AvgIpc) is 3.13. The van der Waals surface area contributed by atoms with E-state index >= 15 is 0 Å². The summed E-state index contributed by atoms with van der Waals surface area (Å²) in [7, 11) is 0. The van der Waals surface area contributed by atoms with Crippen molar-refractivity contribution < 1.29 is 9.18 Å². The number of amides is 1. The van der Waals surface area contributed by atoms with Crippen LogP contribution in [0.4, 0.5) is 4.39 Å². The molecule has 1 aliphatic rings. The molecule has 4 aromatic rings. The third-order valence-corrected chi connectivity index (χ3v) is 6.53. The highest BCUT2D eigenvalue weighted by molar-refractivity contribution is 5.87. The van der Waals surface area contributed by atoms with E-state index in [1.165, 1.54) is 28.3 Å². The lowest BCUT2D eigenvalue weighted by Gasteiger charge is -2.23. The second-order valence-corrected chi connectivity index (χ2v) is 8.62. The molecular weight excluding hydrogens is 399 g/mol. The fourth-order valence-corrected chi connectivity index (χ4v) is 4.94. The summed E-state index contributed by atoms with van der Waals surface area (Å²) in [6, 6.07) is 25.4. The Morgan fingerprint density at radius 2 is 1.75 bits per heavy atom. The van der Waals surface area contributed by atoms with Crippen LogP contribution in [-0.2, 0) is 30.6 Å². The van der Waals surface area contributed by atoms with Gasteiger partial charge < -0.3 is 9.88 Å². The van der Waals surface area contributed by atoms with E-state index in [0.29, 0.717) is 13.1 Å². The van der Waals surface area contributed by atoms with Crippen molar-refractivity contribution in [1.29, 1.82) is 0 Å². The van der Waals surface area contributed by atoms with Crippen LogP contribution in [0.25, 0.3) is 10.9 Å². The van der Waals surface area contributed by atoms with Gasteiger partial charge >= 0.3 is 0 Å². The predicted octanol–water partition coefficient (Wildman–Crippen LogP) is 5.29. The molecule has 5 rings (SSSR count). The molecule has 0 bridgehead atoms. The van der Waals surface area contributed by atoms with Gasteiger partial charge in [-0.15, -0.1) is 0 Å². The standard InChI is InChI=1S/C28H27FN2O/c29-23-10-6-9-21(17-23)19-31-26-12-5-4-11-24(26)25-18-22(13-14-27(25)31)28(32)30-16-15-20-7-2-1-3-8-20/h1-12,17,22H,13-16,18-19H2,(H,30,32). The number of nitrogens with one attached hydrogen (secondary N) is 1. The normalized spacial score (nSPS) is 15.5. The highest BCUT2D eigenvalue weighted by atomic mass is 19.1. The summed E-state index contributed by atoms with van der Waals surface area (Å²) in [6.07, 6.45) is 3.29. The molecule has 0 saturated heterocycles. The Morgan fingerprint density at radius 1 is 0.969 bits per heavy atom. The van der Waals surface area contributed by atoms with Gasteiger partial charge in [-0.3, -0.25) is 4.79 Å². The molecule has 4 heteroatoms. The van der Waals surface area contributed by atoms with Gasteiger partial charge in [0.1, 0.15) is 5.82 Å². The van der Waals surface area contributed by atoms with Crippen LogP contribution in [0.2, 0.25) is 0 Å². The maximum Gasteiger partial charge on any atom is 0.223 e. The van der Waals surface area contributed by atoms with Crippen molar-refractivity contribution in [3.8, 4) is 0 Å². The molecule has 1 atom stereocenters. The first-order valence-corrected chi connectivity index (χ1v) is 11.3. The van der Waals surface area contributed by atoms with Crippen molar-refractivity contribution in [2.45, 2.75) is 32.2 Å². The van der Waals surface area contributed by atoms with Crippen molar-refractivity contribution in [1.82, 2.24) is 9.88 Å². The van der Waals surface area contributed by atoms with Crippen LogP contribution in [0, 0.1) is 11.7 Å². The Balaban J connectivity index is 1.34. The summed E-state index contributed by atoms with van der Waals surface area (Å²) in [5, 5.41) is 4.35. The number of nitrogens with zero attached hydrogens (tertiary/aromatic N) is 1. The minimum absolute atomic E-state index is 0.00769. The molecule has 1 amide bonds. The molecule has 162 valence electrons. The SMILES string of the molecule is O=C(NCCc1ccccc1)C1CCc2c(c3ccccc3n2Cc2cccc(F)c2)C1. The molecule has 3 nitrogen and oxygen atoms in total. The van der Waals surface area contributed by atoms with Crippen LogP contribution in [0.15, 0.2) is 78.9 Å². The van der Waals surface area contributed by atoms with Crippen LogP contribution in [0.5, 0.6) is 0 Å². The average molecular weight is 427 g/mol. The van der Waals surface area contributed by atoms with Crippen LogP contribution in [-0.4, -0.2) is 17.0 Å². The quantitative estimate of drug-likeness (QED) is 0.446. The van der Waals surface area contributed by atoms with Gasteiger partial charge in [0.25, 0.3) is 0 Å². The van der Waals surface area contributed by atoms with Crippen LogP contribution in [0.3, 0.4) is 0 Å². The highest BCUT2D eigenvalue weighted by Gasteiger charge is 2.29. The molecule has 0 aliphatic heterocycles. The van der Waals surface area contributed by atoms with Crippen LogP contribution >= 0.6 is 0 Å². The number of carbonyl (C=O) groups is 1. The van der Waals surface area contributed by atoms with Crippen LogP contribution < -0.4 is 5.32 Å². The summed E-state index contributed by atoms with van der Waals surface area (Å²) in [5.74, 6) is -0.0692. The molecule has 1 aliphatic carbocycles. The Hall–Kier alpha value is -3.40. The van der Waals surface area contributed by atoms with E-state index in [1.807, 2.05) is 30.3 Å². The maximum atomic E-state index is 13.7. The molecule has 1 heterocycles. The summed E-state index contributed by atoms with van der Waals surface area (Å²) in [4.78, 5) is 12.9. The second-order valence-electron chi connectivity index (χ2n) is 8.62. The number of para-hydroxylation sites is 1. The molecular formula is C28H27FN2O. The number of halogens is 1. The molecule has 0 saturated carbocycles. The lowest BCUT2D eigenvalue weighted by molar-refractivity contribution is -0.125. The zero-order valence-corrected chi connectivity index (χ0v) is 18.1. The highest BCUT2D eigenvalue weighted by Crippen LogP contribution is 2.35. The summed E-state index contributed by atoms with van der Waals surface area (Å²) >= 11 is 0. The minimum atomic E-state index is -0.208. The molecule has 1 N–H and O–H groups in total.